The molecular weight excluding hydrogens is 198 g/mol. The van der Waals surface area contributed by atoms with Crippen LogP contribution in [0, 0.1) is 0 Å². The number of hydrogen-bond acceptors (Lipinski definition) is 2. The van der Waals surface area contributed by atoms with Gasteiger partial charge in [-0.05, 0) is 38.0 Å². The van der Waals surface area contributed by atoms with Crippen LogP contribution >= 0.6 is 0 Å². The van der Waals surface area contributed by atoms with Gasteiger partial charge in [-0.3, -0.25) is 0 Å². The van der Waals surface area contributed by atoms with E-state index in [4.69, 9.17) is 5.73 Å². The van der Waals surface area contributed by atoms with Crippen LogP contribution in [-0.2, 0) is 6.42 Å². The monoisotopic (exact) mass is 215 g/mol. The lowest BCUT2D eigenvalue weighted by Gasteiger charge is -2.20. The molecule has 84 valence electrons. The molecule has 0 saturated heterocycles. The highest BCUT2D eigenvalue weighted by Gasteiger charge is 2.14. The van der Waals surface area contributed by atoms with E-state index in [1.165, 1.54) is 5.56 Å². The zero-order chi connectivity index (χ0) is 11.6. The Balaban J connectivity index is 2.39. The molecule has 0 aliphatic heterocycles. The maximum atomic E-state index is 6.06. The third kappa shape index (κ3) is 2.49. The lowest BCUT2D eigenvalue weighted by Crippen LogP contribution is -2.34. The molecule has 3 heteroatoms. The summed E-state index contributed by atoms with van der Waals surface area (Å²) >= 11 is 0. The minimum atomic E-state index is -0.205. The Kier molecular flexibility index (Phi) is 2.79. The molecule has 2 N–H and O–H groups in total. The maximum Gasteiger partial charge on any atom is 0.0678 e. The Morgan fingerprint density at radius 3 is 2.62 bits per heavy atom. The third-order valence-electron chi connectivity index (χ3n) is 2.39. The van der Waals surface area contributed by atoms with Gasteiger partial charge in [-0.2, -0.15) is 5.10 Å². The van der Waals surface area contributed by atoms with E-state index in [0.717, 1.165) is 12.1 Å². The summed E-state index contributed by atoms with van der Waals surface area (Å²) < 4.78 is 1.88. The van der Waals surface area contributed by atoms with Crippen molar-refractivity contribution in [2.45, 2.75) is 25.8 Å². The molecule has 1 aromatic carbocycles. The van der Waals surface area contributed by atoms with Crippen molar-refractivity contribution in [3.8, 4) is 5.69 Å². The van der Waals surface area contributed by atoms with Gasteiger partial charge in [0.2, 0.25) is 0 Å². The van der Waals surface area contributed by atoms with E-state index in [2.05, 4.69) is 17.2 Å². The molecule has 2 aromatic rings. The van der Waals surface area contributed by atoms with Gasteiger partial charge in [-0.1, -0.05) is 18.2 Å². The summed E-state index contributed by atoms with van der Waals surface area (Å²) in [7, 11) is 0. The zero-order valence-electron chi connectivity index (χ0n) is 9.72. The maximum absolute atomic E-state index is 6.06. The lowest BCUT2D eigenvalue weighted by molar-refractivity contribution is 0.515. The summed E-state index contributed by atoms with van der Waals surface area (Å²) in [6.07, 6.45) is 4.57. The second-order valence-corrected chi connectivity index (χ2v) is 4.74. The first-order chi connectivity index (χ1) is 7.56. The van der Waals surface area contributed by atoms with Gasteiger partial charge in [-0.15, -0.1) is 0 Å². The molecule has 0 radical (unpaired) electrons. The van der Waals surface area contributed by atoms with E-state index in [1.807, 2.05) is 42.9 Å². The standard InChI is InChI=1S/C13H17N3/c1-13(2,14)10-11-6-3-4-7-12(11)16-9-5-8-15-16/h3-9H,10,14H2,1-2H3. The van der Waals surface area contributed by atoms with Gasteiger partial charge >= 0.3 is 0 Å². The first-order valence-electron chi connectivity index (χ1n) is 5.43. The first-order valence-corrected chi connectivity index (χ1v) is 5.43. The van der Waals surface area contributed by atoms with Crippen LogP contribution in [0.2, 0.25) is 0 Å². The van der Waals surface area contributed by atoms with Gasteiger partial charge in [0, 0.05) is 17.9 Å². The van der Waals surface area contributed by atoms with Crippen molar-refractivity contribution in [1.29, 1.82) is 0 Å². The Bertz CT molecular complexity index is 452. The Hall–Kier alpha value is -1.61. The normalized spacial score (nSPS) is 11.7. The molecular formula is C13H17N3. The molecule has 2 rings (SSSR count). The molecule has 0 spiro atoms. The fourth-order valence-electron chi connectivity index (χ4n) is 1.79. The highest BCUT2D eigenvalue weighted by Crippen LogP contribution is 2.18. The fourth-order valence-corrected chi connectivity index (χ4v) is 1.79. The molecule has 16 heavy (non-hydrogen) atoms. The Labute approximate surface area is 95.9 Å². The predicted octanol–water partition coefficient (Wildman–Crippen LogP) is 2.15. The zero-order valence-corrected chi connectivity index (χ0v) is 9.72. The van der Waals surface area contributed by atoms with Gasteiger partial charge < -0.3 is 5.73 Å². The fraction of sp³-hybridized carbons (Fsp3) is 0.308. The van der Waals surface area contributed by atoms with Gasteiger partial charge in [0.05, 0.1) is 5.69 Å². The van der Waals surface area contributed by atoms with Crippen molar-refractivity contribution in [2.24, 2.45) is 5.73 Å². The largest absolute Gasteiger partial charge is 0.325 e. The number of aromatic nitrogens is 2. The van der Waals surface area contributed by atoms with Crippen LogP contribution in [0.15, 0.2) is 42.7 Å². The summed E-state index contributed by atoms with van der Waals surface area (Å²) in [5.74, 6) is 0. The van der Waals surface area contributed by atoms with Crippen LogP contribution in [0.3, 0.4) is 0 Å². The van der Waals surface area contributed by atoms with Crippen LogP contribution in [-0.4, -0.2) is 15.3 Å². The lowest BCUT2D eigenvalue weighted by atomic mass is 9.95. The Morgan fingerprint density at radius 2 is 2.00 bits per heavy atom. The summed E-state index contributed by atoms with van der Waals surface area (Å²) in [6, 6.07) is 10.1. The summed E-state index contributed by atoms with van der Waals surface area (Å²) in [6.45, 7) is 4.07. The van der Waals surface area contributed by atoms with E-state index in [9.17, 15) is 0 Å². The molecule has 0 amide bonds. The topological polar surface area (TPSA) is 43.8 Å². The van der Waals surface area contributed by atoms with E-state index < -0.39 is 0 Å². The number of rotatable bonds is 3. The highest BCUT2D eigenvalue weighted by atomic mass is 15.3. The van der Waals surface area contributed by atoms with E-state index in [1.54, 1.807) is 6.20 Å². The van der Waals surface area contributed by atoms with Crippen molar-refractivity contribution in [1.82, 2.24) is 9.78 Å². The number of hydrogen-bond donors (Lipinski definition) is 1. The van der Waals surface area contributed by atoms with Crippen molar-refractivity contribution in [2.75, 3.05) is 0 Å². The SMILES string of the molecule is CC(C)(N)Cc1ccccc1-n1cccn1. The average Bonchev–Trinajstić information content (AvgIpc) is 2.69. The molecule has 0 aliphatic carbocycles. The van der Waals surface area contributed by atoms with Crippen molar-refractivity contribution in [3.63, 3.8) is 0 Å². The smallest absolute Gasteiger partial charge is 0.0678 e. The van der Waals surface area contributed by atoms with Gasteiger partial charge in [0.15, 0.2) is 0 Å². The summed E-state index contributed by atoms with van der Waals surface area (Å²) in [5, 5.41) is 4.25. The number of nitrogens with zero attached hydrogens (tertiary/aromatic N) is 2. The second kappa shape index (κ2) is 4.10. The minimum absolute atomic E-state index is 0.205. The summed E-state index contributed by atoms with van der Waals surface area (Å²) in [4.78, 5) is 0. The molecule has 0 atom stereocenters. The van der Waals surface area contributed by atoms with E-state index >= 15 is 0 Å². The van der Waals surface area contributed by atoms with Crippen molar-refractivity contribution < 1.29 is 0 Å². The highest BCUT2D eigenvalue weighted by molar-refractivity contribution is 5.41. The molecule has 0 aliphatic rings. The van der Waals surface area contributed by atoms with Gasteiger partial charge in [-0.25, -0.2) is 4.68 Å². The average molecular weight is 215 g/mol. The molecule has 1 aromatic heterocycles. The van der Waals surface area contributed by atoms with Crippen LogP contribution in [0.1, 0.15) is 19.4 Å². The molecule has 0 fully saturated rings. The molecule has 0 bridgehead atoms. The van der Waals surface area contributed by atoms with E-state index in [0.29, 0.717) is 0 Å². The first kappa shape index (κ1) is 10.9. The number of nitrogens with two attached hydrogens (primary N) is 1. The van der Waals surface area contributed by atoms with Crippen LogP contribution in [0.5, 0.6) is 0 Å². The van der Waals surface area contributed by atoms with Crippen molar-refractivity contribution in [3.05, 3.63) is 48.3 Å². The number of benzene rings is 1. The van der Waals surface area contributed by atoms with Crippen molar-refractivity contribution >= 4 is 0 Å². The minimum Gasteiger partial charge on any atom is -0.325 e. The van der Waals surface area contributed by atoms with Crippen LogP contribution in [0.4, 0.5) is 0 Å². The third-order valence-corrected chi connectivity index (χ3v) is 2.39. The Morgan fingerprint density at radius 1 is 1.25 bits per heavy atom. The van der Waals surface area contributed by atoms with Gasteiger partial charge in [0.1, 0.15) is 0 Å². The number of para-hydroxylation sites is 1. The van der Waals surface area contributed by atoms with Gasteiger partial charge in [0.25, 0.3) is 0 Å². The van der Waals surface area contributed by atoms with Crippen LogP contribution in [0.25, 0.3) is 5.69 Å². The molecule has 0 unspecified atom stereocenters. The van der Waals surface area contributed by atoms with E-state index in [-0.39, 0.29) is 5.54 Å². The second-order valence-electron chi connectivity index (χ2n) is 4.74. The summed E-state index contributed by atoms with van der Waals surface area (Å²) in [5.41, 5.74) is 8.18. The van der Waals surface area contributed by atoms with Crippen LogP contribution < -0.4 is 5.73 Å². The molecule has 3 nitrogen and oxygen atoms in total. The predicted molar refractivity (Wildman–Crippen MR) is 65.5 cm³/mol. The molecule has 0 saturated carbocycles. The quantitative estimate of drug-likeness (QED) is 0.852. The molecule has 1 heterocycles.